The van der Waals surface area contributed by atoms with Crippen molar-refractivity contribution in [3.63, 3.8) is 0 Å². The molecule has 2 heterocycles. The molecule has 1 saturated heterocycles. The van der Waals surface area contributed by atoms with E-state index in [1.54, 1.807) is 11.5 Å². The Bertz CT molecular complexity index is 464. The van der Waals surface area contributed by atoms with E-state index in [1.807, 2.05) is 0 Å². The van der Waals surface area contributed by atoms with Crippen LogP contribution in [-0.2, 0) is 9.59 Å². The van der Waals surface area contributed by atoms with Crippen molar-refractivity contribution >= 4 is 35.4 Å². The zero-order valence-corrected chi connectivity index (χ0v) is 11.6. The minimum Gasteiger partial charge on any atom is -0.477 e. The molecule has 4 N–H and O–H groups in total. The number of aliphatic hydroxyl groups excluding tert-OH is 1. The molecule has 0 saturated carbocycles. The second kappa shape index (κ2) is 6.00. The van der Waals surface area contributed by atoms with E-state index in [-0.39, 0.29) is 23.6 Å². The molecule has 2 aliphatic heterocycles. The molecule has 0 aliphatic carbocycles. The number of fused-ring (bicyclic) bond motifs is 1. The number of nitrogens with two attached hydrogens (primary N) is 1. The molecule has 2 rings (SSSR count). The number of carbonyl (C=O) groups excluding carboxylic acids is 1. The molecule has 0 spiro atoms. The molecule has 2 aliphatic rings. The molecule has 0 aromatic carbocycles. The Hall–Kier alpha value is -0.960. The van der Waals surface area contributed by atoms with Crippen molar-refractivity contribution < 1.29 is 19.8 Å². The third-order valence-electron chi connectivity index (χ3n) is 2.82. The Kier molecular flexibility index (Phi) is 4.56. The van der Waals surface area contributed by atoms with Gasteiger partial charge in [0.05, 0.1) is 6.61 Å². The van der Waals surface area contributed by atoms with Gasteiger partial charge in [-0.1, -0.05) is 0 Å². The van der Waals surface area contributed by atoms with E-state index >= 15 is 0 Å². The SMILES string of the molecule is N[C@@H]1C(=O)N2C(C(=O)O)=C(/C=C/SCCO)CS[C@H]12. The summed E-state index contributed by atoms with van der Waals surface area (Å²) in [5.74, 6) is -0.393. The standard InChI is InChI=1S/C11H14N2O4S2/c12-7-9(15)13-8(11(16)17)6(5-19-10(7)13)1-3-18-4-2-14/h1,3,7,10,14H,2,4-5,12H2,(H,16,17)/b3-1+/t7-,10-/m1/s1. The summed E-state index contributed by atoms with van der Waals surface area (Å²) in [5, 5.41) is 19.4. The number of hydrogen-bond donors (Lipinski definition) is 3. The summed E-state index contributed by atoms with van der Waals surface area (Å²) in [6.45, 7) is 0.0656. The predicted molar refractivity (Wildman–Crippen MR) is 74.4 cm³/mol. The Morgan fingerprint density at radius 3 is 3.00 bits per heavy atom. The van der Waals surface area contributed by atoms with E-state index in [4.69, 9.17) is 10.8 Å². The molecular weight excluding hydrogens is 288 g/mol. The fourth-order valence-corrected chi connectivity index (χ4v) is 3.69. The summed E-state index contributed by atoms with van der Waals surface area (Å²) in [4.78, 5) is 24.2. The van der Waals surface area contributed by atoms with Crippen molar-refractivity contribution in [1.29, 1.82) is 0 Å². The molecule has 1 fully saturated rings. The highest BCUT2D eigenvalue weighted by molar-refractivity contribution is 8.02. The number of thioether (sulfide) groups is 2. The molecule has 0 bridgehead atoms. The maximum Gasteiger partial charge on any atom is 0.352 e. The minimum atomic E-state index is -1.11. The average Bonchev–Trinajstić information content (AvgIpc) is 2.41. The third kappa shape index (κ3) is 2.66. The second-order valence-electron chi connectivity index (χ2n) is 4.01. The van der Waals surface area contributed by atoms with E-state index in [0.29, 0.717) is 17.1 Å². The van der Waals surface area contributed by atoms with E-state index in [9.17, 15) is 14.7 Å². The number of aliphatic carboxylic acids is 1. The van der Waals surface area contributed by atoms with Crippen LogP contribution in [0.3, 0.4) is 0 Å². The van der Waals surface area contributed by atoms with Crippen LogP contribution in [0.25, 0.3) is 0 Å². The van der Waals surface area contributed by atoms with E-state index in [2.05, 4.69) is 0 Å². The number of nitrogens with zero attached hydrogens (tertiary/aromatic N) is 1. The lowest BCUT2D eigenvalue weighted by Gasteiger charge is -2.47. The van der Waals surface area contributed by atoms with Gasteiger partial charge in [-0.2, -0.15) is 0 Å². The zero-order valence-electron chi connectivity index (χ0n) is 9.98. The number of aliphatic hydroxyl groups is 1. The van der Waals surface area contributed by atoms with Crippen LogP contribution < -0.4 is 5.73 Å². The van der Waals surface area contributed by atoms with Gasteiger partial charge in [-0.15, -0.1) is 23.5 Å². The Morgan fingerprint density at radius 1 is 1.63 bits per heavy atom. The predicted octanol–water partition coefficient (Wildman–Crippen LogP) is -0.193. The van der Waals surface area contributed by atoms with Crippen LogP contribution in [0.5, 0.6) is 0 Å². The van der Waals surface area contributed by atoms with Crippen molar-refractivity contribution in [2.45, 2.75) is 11.4 Å². The molecule has 104 valence electrons. The first-order valence-corrected chi connectivity index (χ1v) is 7.73. The normalized spacial score (nSPS) is 26.6. The van der Waals surface area contributed by atoms with Crippen LogP contribution in [0.4, 0.5) is 0 Å². The summed E-state index contributed by atoms with van der Waals surface area (Å²) < 4.78 is 0. The van der Waals surface area contributed by atoms with Gasteiger partial charge in [0.1, 0.15) is 17.1 Å². The number of amides is 1. The van der Waals surface area contributed by atoms with E-state index in [0.717, 1.165) is 0 Å². The van der Waals surface area contributed by atoms with Crippen molar-refractivity contribution in [3.8, 4) is 0 Å². The van der Waals surface area contributed by atoms with Crippen LogP contribution in [0.1, 0.15) is 0 Å². The minimum absolute atomic E-state index is 0.0244. The molecule has 0 unspecified atom stereocenters. The molecule has 2 atom stereocenters. The van der Waals surface area contributed by atoms with Gasteiger partial charge < -0.3 is 15.9 Å². The summed E-state index contributed by atoms with van der Waals surface area (Å²) in [6, 6.07) is -0.603. The number of carbonyl (C=O) groups is 2. The number of β-lactam (4-membered cyclic amide) rings is 1. The Labute approximate surface area is 118 Å². The summed E-state index contributed by atoms with van der Waals surface area (Å²) in [7, 11) is 0. The summed E-state index contributed by atoms with van der Waals surface area (Å²) in [5.41, 5.74) is 6.27. The zero-order chi connectivity index (χ0) is 14.0. The molecule has 6 nitrogen and oxygen atoms in total. The average molecular weight is 302 g/mol. The molecule has 0 radical (unpaired) electrons. The number of carboxylic acid groups (broad SMARTS) is 1. The highest BCUT2D eigenvalue weighted by Gasteiger charge is 2.51. The van der Waals surface area contributed by atoms with Crippen LogP contribution in [0.15, 0.2) is 22.8 Å². The number of allylic oxidation sites excluding steroid dienone is 1. The van der Waals surface area contributed by atoms with Crippen molar-refractivity contribution in [3.05, 3.63) is 22.8 Å². The quantitative estimate of drug-likeness (QED) is 0.477. The monoisotopic (exact) mass is 302 g/mol. The third-order valence-corrected chi connectivity index (χ3v) is 4.89. The van der Waals surface area contributed by atoms with Crippen LogP contribution in [-0.4, -0.2) is 56.5 Å². The number of carboxylic acids is 1. The molecule has 0 aromatic rings. The van der Waals surface area contributed by atoms with Crippen LogP contribution in [0.2, 0.25) is 0 Å². The van der Waals surface area contributed by atoms with E-state index in [1.165, 1.54) is 28.4 Å². The lowest BCUT2D eigenvalue weighted by molar-refractivity contribution is -0.147. The largest absolute Gasteiger partial charge is 0.477 e. The molecule has 0 aromatic heterocycles. The molecule has 19 heavy (non-hydrogen) atoms. The van der Waals surface area contributed by atoms with Crippen molar-refractivity contribution in [1.82, 2.24) is 4.90 Å². The topological polar surface area (TPSA) is 104 Å². The summed E-state index contributed by atoms with van der Waals surface area (Å²) >= 11 is 2.85. The Balaban J connectivity index is 2.20. The van der Waals surface area contributed by atoms with Gasteiger partial charge in [0, 0.05) is 11.5 Å². The lowest BCUT2D eigenvalue weighted by atomic mass is 10.0. The van der Waals surface area contributed by atoms with Crippen LogP contribution in [0, 0.1) is 0 Å². The second-order valence-corrected chi connectivity index (χ2v) is 6.13. The summed E-state index contributed by atoms with van der Waals surface area (Å²) in [6.07, 6.45) is 1.68. The van der Waals surface area contributed by atoms with Gasteiger partial charge in [0.15, 0.2) is 0 Å². The lowest BCUT2D eigenvalue weighted by Crippen LogP contribution is -2.68. The van der Waals surface area contributed by atoms with Gasteiger partial charge in [0.25, 0.3) is 0 Å². The smallest absolute Gasteiger partial charge is 0.352 e. The maximum atomic E-state index is 11.7. The number of rotatable bonds is 5. The number of hydrogen-bond acceptors (Lipinski definition) is 6. The van der Waals surface area contributed by atoms with E-state index < -0.39 is 12.0 Å². The molecular formula is C11H14N2O4S2. The van der Waals surface area contributed by atoms with Gasteiger partial charge in [0.2, 0.25) is 5.91 Å². The van der Waals surface area contributed by atoms with Gasteiger partial charge >= 0.3 is 5.97 Å². The Morgan fingerprint density at radius 2 is 2.37 bits per heavy atom. The fourth-order valence-electron chi connectivity index (χ4n) is 1.92. The highest BCUT2D eigenvalue weighted by Crippen LogP contribution is 2.39. The maximum absolute atomic E-state index is 11.7. The molecule has 1 amide bonds. The first-order chi connectivity index (χ1) is 9.07. The van der Waals surface area contributed by atoms with Crippen molar-refractivity contribution in [2.24, 2.45) is 5.73 Å². The van der Waals surface area contributed by atoms with Crippen molar-refractivity contribution in [2.75, 3.05) is 18.1 Å². The highest BCUT2D eigenvalue weighted by atomic mass is 32.2. The van der Waals surface area contributed by atoms with Gasteiger partial charge in [-0.25, -0.2) is 4.79 Å². The van der Waals surface area contributed by atoms with Gasteiger partial charge in [-0.05, 0) is 17.1 Å². The first kappa shape index (κ1) is 14.4. The molecule has 8 heteroatoms. The first-order valence-electron chi connectivity index (χ1n) is 5.63. The fraction of sp³-hybridized carbons (Fsp3) is 0.455. The van der Waals surface area contributed by atoms with Crippen LogP contribution >= 0.6 is 23.5 Å². The van der Waals surface area contributed by atoms with Gasteiger partial charge in [-0.3, -0.25) is 9.69 Å².